The highest BCUT2D eigenvalue weighted by Crippen LogP contribution is 2.19. The standard InChI is InChI=1S/C12H16N2O3/c1-7-9(12(16)17)5-4-6-10(7)14-11(15)8(2)13-3/h4-6,8,13H,1-3H3,(H,14,15)(H,16,17). The largest absolute Gasteiger partial charge is 0.478 e. The Morgan fingerprint density at radius 1 is 1.35 bits per heavy atom. The summed E-state index contributed by atoms with van der Waals surface area (Å²) in [7, 11) is 1.69. The smallest absolute Gasteiger partial charge is 0.336 e. The molecule has 5 heteroatoms. The molecule has 0 fully saturated rings. The summed E-state index contributed by atoms with van der Waals surface area (Å²) >= 11 is 0. The second-order valence-corrected chi connectivity index (χ2v) is 3.78. The van der Waals surface area contributed by atoms with Crippen molar-refractivity contribution >= 4 is 17.6 Å². The van der Waals surface area contributed by atoms with Gasteiger partial charge in [-0.2, -0.15) is 0 Å². The lowest BCUT2D eigenvalue weighted by molar-refractivity contribution is -0.117. The molecule has 5 nitrogen and oxygen atoms in total. The zero-order chi connectivity index (χ0) is 13.0. The number of nitrogens with one attached hydrogen (secondary N) is 2. The SMILES string of the molecule is CNC(C)C(=O)Nc1cccc(C(=O)O)c1C. The van der Waals surface area contributed by atoms with Crippen LogP contribution in [0.3, 0.4) is 0 Å². The second-order valence-electron chi connectivity index (χ2n) is 3.78. The lowest BCUT2D eigenvalue weighted by Crippen LogP contribution is -2.35. The van der Waals surface area contributed by atoms with Crippen LogP contribution >= 0.6 is 0 Å². The Hall–Kier alpha value is -1.88. The number of hydrogen-bond donors (Lipinski definition) is 3. The van der Waals surface area contributed by atoms with Crippen molar-refractivity contribution < 1.29 is 14.7 Å². The molecule has 0 heterocycles. The van der Waals surface area contributed by atoms with Crippen molar-refractivity contribution in [3.8, 4) is 0 Å². The zero-order valence-electron chi connectivity index (χ0n) is 10.1. The molecule has 1 amide bonds. The quantitative estimate of drug-likeness (QED) is 0.735. The summed E-state index contributed by atoms with van der Waals surface area (Å²) in [6, 6.07) is 4.47. The van der Waals surface area contributed by atoms with Crippen LogP contribution in [0.1, 0.15) is 22.8 Å². The molecule has 0 aliphatic heterocycles. The van der Waals surface area contributed by atoms with Gasteiger partial charge in [0.25, 0.3) is 0 Å². The van der Waals surface area contributed by atoms with Gasteiger partial charge >= 0.3 is 5.97 Å². The van der Waals surface area contributed by atoms with E-state index < -0.39 is 5.97 Å². The molecule has 0 saturated heterocycles. The molecule has 1 aromatic carbocycles. The Labute approximate surface area is 99.8 Å². The van der Waals surface area contributed by atoms with Crippen molar-refractivity contribution in [2.45, 2.75) is 19.9 Å². The Balaban J connectivity index is 2.96. The first kappa shape index (κ1) is 13.2. The number of carboxylic acids is 1. The molecule has 17 heavy (non-hydrogen) atoms. The first-order valence-electron chi connectivity index (χ1n) is 5.28. The van der Waals surface area contributed by atoms with Crippen LogP contribution in [0, 0.1) is 6.92 Å². The maximum atomic E-state index is 11.7. The fraction of sp³-hybridized carbons (Fsp3) is 0.333. The highest BCUT2D eigenvalue weighted by Gasteiger charge is 2.14. The van der Waals surface area contributed by atoms with E-state index in [1.807, 2.05) is 0 Å². The van der Waals surface area contributed by atoms with Crippen molar-refractivity contribution in [1.29, 1.82) is 0 Å². The summed E-state index contributed by atoms with van der Waals surface area (Å²) in [5, 5.41) is 14.5. The van der Waals surface area contributed by atoms with Crippen LogP contribution < -0.4 is 10.6 Å². The van der Waals surface area contributed by atoms with Gasteiger partial charge in [0.15, 0.2) is 0 Å². The molecule has 0 spiro atoms. The van der Waals surface area contributed by atoms with E-state index in [9.17, 15) is 9.59 Å². The topological polar surface area (TPSA) is 78.4 Å². The van der Waals surface area contributed by atoms with Crippen molar-refractivity contribution in [1.82, 2.24) is 5.32 Å². The average molecular weight is 236 g/mol. The number of carbonyl (C=O) groups is 2. The summed E-state index contributed by atoms with van der Waals surface area (Å²) in [5.74, 6) is -1.20. The number of anilines is 1. The van der Waals surface area contributed by atoms with Gasteiger partial charge in [-0.15, -0.1) is 0 Å². The minimum Gasteiger partial charge on any atom is -0.478 e. The summed E-state index contributed by atoms with van der Waals surface area (Å²) in [5.41, 5.74) is 1.27. The number of likely N-dealkylation sites (N-methyl/N-ethyl adjacent to an activating group) is 1. The van der Waals surface area contributed by atoms with E-state index in [1.54, 1.807) is 33.0 Å². The number of rotatable bonds is 4. The summed E-state index contributed by atoms with van der Waals surface area (Å²) in [4.78, 5) is 22.6. The third-order valence-corrected chi connectivity index (χ3v) is 2.65. The molecule has 92 valence electrons. The normalized spacial score (nSPS) is 11.9. The van der Waals surface area contributed by atoms with Crippen molar-refractivity contribution in [2.75, 3.05) is 12.4 Å². The monoisotopic (exact) mass is 236 g/mol. The lowest BCUT2D eigenvalue weighted by Gasteiger charge is -2.13. The Morgan fingerprint density at radius 2 is 2.00 bits per heavy atom. The van der Waals surface area contributed by atoms with E-state index in [4.69, 9.17) is 5.11 Å². The molecule has 0 saturated carbocycles. The molecule has 1 unspecified atom stereocenters. The van der Waals surface area contributed by atoms with Gasteiger partial charge in [-0.05, 0) is 38.6 Å². The van der Waals surface area contributed by atoms with Crippen LogP contribution in [0.25, 0.3) is 0 Å². The first-order chi connectivity index (χ1) is 7.97. The van der Waals surface area contributed by atoms with Gasteiger partial charge in [0.05, 0.1) is 11.6 Å². The predicted molar refractivity (Wildman–Crippen MR) is 65.3 cm³/mol. The van der Waals surface area contributed by atoms with E-state index in [1.165, 1.54) is 6.07 Å². The van der Waals surface area contributed by atoms with Crippen molar-refractivity contribution in [3.05, 3.63) is 29.3 Å². The minimum absolute atomic E-state index is 0.194. The van der Waals surface area contributed by atoms with Gasteiger partial charge in [0, 0.05) is 5.69 Å². The molecule has 0 aliphatic carbocycles. The first-order valence-corrected chi connectivity index (χ1v) is 5.28. The summed E-state index contributed by atoms with van der Waals surface area (Å²) in [6.07, 6.45) is 0. The predicted octanol–water partition coefficient (Wildman–Crippen LogP) is 1.24. The van der Waals surface area contributed by atoms with Crippen LogP contribution in [-0.2, 0) is 4.79 Å². The van der Waals surface area contributed by atoms with Crippen LogP contribution in [0.15, 0.2) is 18.2 Å². The molecule has 1 aromatic rings. The Kier molecular flexibility index (Phi) is 4.23. The van der Waals surface area contributed by atoms with Gasteiger partial charge in [-0.3, -0.25) is 4.79 Å². The molecular weight excluding hydrogens is 220 g/mol. The van der Waals surface area contributed by atoms with Crippen LogP contribution in [-0.4, -0.2) is 30.1 Å². The molecule has 0 aliphatic rings. The fourth-order valence-corrected chi connectivity index (χ4v) is 1.37. The van der Waals surface area contributed by atoms with E-state index >= 15 is 0 Å². The summed E-state index contributed by atoms with van der Waals surface area (Å²) in [6.45, 7) is 3.40. The number of benzene rings is 1. The van der Waals surface area contributed by atoms with Crippen LogP contribution in [0.4, 0.5) is 5.69 Å². The Morgan fingerprint density at radius 3 is 2.53 bits per heavy atom. The lowest BCUT2D eigenvalue weighted by atomic mass is 10.1. The van der Waals surface area contributed by atoms with Gasteiger partial charge in [-0.1, -0.05) is 6.07 Å². The van der Waals surface area contributed by atoms with Crippen LogP contribution in [0.5, 0.6) is 0 Å². The molecule has 1 atom stereocenters. The van der Waals surface area contributed by atoms with Gasteiger partial charge in [0.2, 0.25) is 5.91 Å². The maximum absolute atomic E-state index is 11.7. The zero-order valence-corrected chi connectivity index (χ0v) is 10.1. The number of carboxylic acid groups (broad SMARTS) is 1. The van der Waals surface area contributed by atoms with Gasteiger partial charge in [0.1, 0.15) is 0 Å². The molecule has 0 bridgehead atoms. The molecule has 3 N–H and O–H groups in total. The molecule has 1 rings (SSSR count). The van der Waals surface area contributed by atoms with Gasteiger partial charge in [-0.25, -0.2) is 4.79 Å². The third kappa shape index (κ3) is 3.04. The van der Waals surface area contributed by atoms with Crippen molar-refractivity contribution in [3.63, 3.8) is 0 Å². The highest BCUT2D eigenvalue weighted by atomic mass is 16.4. The van der Waals surface area contributed by atoms with Crippen LogP contribution in [0.2, 0.25) is 0 Å². The van der Waals surface area contributed by atoms with Gasteiger partial charge < -0.3 is 15.7 Å². The van der Waals surface area contributed by atoms with E-state index in [2.05, 4.69) is 10.6 Å². The van der Waals surface area contributed by atoms with E-state index in [0.717, 1.165) is 0 Å². The minimum atomic E-state index is -1.000. The van der Waals surface area contributed by atoms with E-state index in [-0.39, 0.29) is 17.5 Å². The molecule has 0 aromatic heterocycles. The maximum Gasteiger partial charge on any atom is 0.336 e. The fourth-order valence-electron chi connectivity index (χ4n) is 1.37. The number of amides is 1. The van der Waals surface area contributed by atoms with E-state index in [0.29, 0.717) is 11.3 Å². The molecular formula is C12H16N2O3. The summed E-state index contributed by atoms with van der Waals surface area (Å²) < 4.78 is 0. The number of aromatic carboxylic acids is 1. The number of carbonyl (C=O) groups excluding carboxylic acids is 1. The highest BCUT2D eigenvalue weighted by molar-refractivity contribution is 5.98. The molecule has 0 radical (unpaired) electrons. The Bertz CT molecular complexity index is 443. The second kappa shape index (κ2) is 5.45. The van der Waals surface area contributed by atoms with Crippen molar-refractivity contribution in [2.24, 2.45) is 0 Å². The third-order valence-electron chi connectivity index (χ3n) is 2.65. The average Bonchev–Trinajstić information content (AvgIpc) is 2.30. The number of hydrogen-bond acceptors (Lipinski definition) is 3.